The lowest BCUT2D eigenvalue weighted by Crippen LogP contribution is -2.17. The largest absolute Gasteiger partial charge is 0.298 e. The molecule has 2 aromatic carbocycles. The Morgan fingerprint density at radius 2 is 1.48 bits per heavy atom. The summed E-state index contributed by atoms with van der Waals surface area (Å²) in [6.07, 6.45) is 1.75. The molecular formula is C20H19ClN2. The third-order valence-corrected chi connectivity index (χ3v) is 3.96. The number of benzene rings is 2. The SMILES string of the molecule is CN(Cc1ccc(-c2ccccc2)cc1)Cc1ccnc(Cl)c1. The van der Waals surface area contributed by atoms with Gasteiger partial charge in [-0.05, 0) is 41.4 Å². The van der Waals surface area contributed by atoms with Gasteiger partial charge in [-0.15, -0.1) is 0 Å². The van der Waals surface area contributed by atoms with Crippen LogP contribution >= 0.6 is 11.6 Å². The number of nitrogens with zero attached hydrogens (tertiary/aromatic N) is 2. The van der Waals surface area contributed by atoms with E-state index in [1.165, 1.54) is 22.3 Å². The van der Waals surface area contributed by atoms with E-state index in [2.05, 4.69) is 65.5 Å². The predicted molar refractivity (Wildman–Crippen MR) is 96.3 cm³/mol. The van der Waals surface area contributed by atoms with Gasteiger partial charge in [0.2, 0.25) is 0 Å². The Hall–Kier alpha value is -2.16. The number of hydrogen-bond acceptors (Lipinski definition) is 2. The molecule has 0 aliphatic carbocycles. The van der Waals surface area contributed by atoms with Crippen LogP contribution in [0.4, 0.5) is 0 Å². The molecule has 0 aliphatic heterocycles. The van der Waals surface area contributed by atoms with E-state index < -0.39 is 0 Å². The van der Waals surface area contributed by atoms with Crippen LogP contribution in [-0.2, 0) is 13.1 Å². The van der Waals surface area contributed by atoms with Crippen LogP contribution in [0.3, 0.4) is 0 Å². The summed E-state index contributed by atoms with van der Waals surface area (Å²) in [5.74, 6) is 0. The van der Waals surface area contributed by atoms with E-state index in [0.717, 1.165) is 13.1 Å². The Morgan fingerprint density at radius 3 is 2.17 bits per heavy atom. The van der Waals surface area contributed by atoms with Crippen molar-refractivity contribution < 1.29 is 0 Å². The highest BCUT2D eigenvalue weighted by molar-refractivity contribution is 6.29. The molecule has 0 radical (unpaired) electrons. The molecule has 0 fully saturated rings. The lowest BCUT2D eigenvalue weighted by Gasteiger charge is -2.17. The minimum absolute atomic E-state index is 0.545. The van der Waals surface area contributed by atoms with Crippen molar-refractivity contribution in [1.82, 2.24) is 9.88 Å². The van der Waals surface area contributed by atoms with Gasteiger partial charge in [0.05, 0.1) is 0 Å². The van der Waals surface area contributed by atoms with E-state index in [4.69, 9.17) is 11.6 Å². The van der Waals surface area contributed by atoms with Crippen molar-refractivity contribution in [3.05, 3.63) is 89.2 Å². The quantitative estimate of drug-likeness (QED) is 0.612. The van der Waals surface area contributed by atoms with Crippen LogP contribution in [-0.4, -0.2) is 16.9 Å². The Balaban J connectivity index is 1.64. The average Bonchev–Trinajstić information content (AvgIpc) is 2.56. The number of aromatic nitrogens is 1. The Morgan fingerprint density at radius 1 is 0.826 bits per heavy atom. The molecule has 1 aromatic heterocycles. The van der Waals surface area contributed by atoms with Crippen LogP contribution in [0.5, 0.6) is 0 Å². The molecule has 0 aliphatic rings. The lowest BCUT2D eigenvalue weighted by atomic mass is 10.0. The van der Waals surface area contributed by atoms with E-state index in [9.17, 15) is 0 Å². The number of halogens is 1. The van der Waals surface area contributed by atoms with Crippen LogP contribution in [0, 0.1) is 0 Å². The standard InChI is InChI=1S/C20H19ClN2/c1-23(15-17-11-12-22-20(21)13-17)14-16-7-9-19(10-8-16)18-5-3-2-4-6-18/h2-13H,14-15H2,1H3. The Bertz CT molecular complexity index is 754. The minimum Gasteiger partial charge on any atom is -0.298 e. The highest BCUT2D eigenvalue weighted by atomic mass is 35.5. The first-order valence-electron chi connectivity index (χ1n) is 7.64. The first-order chi connectivity index (χ1) is 11.2. The minimum atomic E-state index is 0.545. The van der Waals surface area contributed by atoms with Gasteiger partial charge < -0.3 is 0 Å². The first kappa shape index (κ1) is 15.7. The lowest BCUT2D eigenvalue weighted by molar-refractivity contribution is 0.319. The summed E-state index contributed by atoms with van der Waals surface area (Å²) in [5.41, 5.74) is 4.97. The highest BCUT2D eigenvalue weighted by Crippen LogP contribution is 2.20. The van der Waals surface area contributed by atoms with Gasteiger partial charge in [-0.3, -0.25) is 4.90 Å². The fraction of sp³-hybridized carbons (Fsp3) is 0.150. The molecular weight excluding hydrogens is 304 g/mol. The number of rotatable bonds is 5. The zero-order valence-electron chi connectivity index (χ0n) is 13.1. The van der Waals surface area contributed by atoms with E-state index in [-0.39, 0.29) is 0 Å². The van der Waals surface area contributed by atoms with Crippen molar-refractivity contribution in [3.63, 3.8) is 0 Å². The fourth-order valence-electron chi connectivity index (χ4n) is 2.65. The molecule has 3 heteroatoms. The second kappa shape index (κ2) is 7.40. The molecule has 0 unspecified atom stereocenters. The van der Waals surface area contributed by atoms with Crippen molar-refractivity contribution >= 4 is 11.6 Å². The van der Waals surface area contributed by atoms with E-state index in [1.54, 1.807) is 6.20 Å². The monoisotopic (exact) mass is 322 g/mol. The Kier molecular flexibility index (Phi) is 5.06. The van der Waals surface area contributed by atoms with Crippen molar-refractivity contribution in [2.24, 2.45) is 0 Å². The van der Waals surface area contributed by atoms with Gasteiger partial charge in [-0.1, -0.05) is 66.2 Å². The van der Waals surface area contributed by atoms with Crippen LogP contribution in [0.2, 0.25) is 5.15 Å². The van der Waals surface area contributed by atoms with Gasteiger partial charge in [0.25, 0.3) is 0 Å². The summed E-state index contributed by atoms with van der Waals surface area (Å²) < 4.78 is 0. The normalized spacial score (nSPS) is 10.9. The fourth-order valence-corrected chi connectivity index (χ4v) is 2.85. The molecule has 0 spiro atoms. The number of hydrogen-bond donors (Lipinski definition) is 0. The van der Waals surface area contributed by atoms with Gasteiger partial charge in [0, 0.05) is 19.3 Å². The summed E-state index contributed by atoms with van der Waals surface area (Å²) in [6.45, 7) is 1.75. The third kappa shape index (κ3) is 4.41. The summed E-state index contributed by atoms with van der Waals surface area (Å²) in [4.78, 5) is 6.28. The van der Waals surface area contributed by atoms with Gasteiger partial charge >= 0.3 is 0 Å². The van der Waals surface area contributed by atoms with Crippen LogP contribution in [0.25, 0.3) is 11.1 Å². The maximum Gasteiger partial charge on any atom is 0.129 e. The topological polar surface area (TPSA) is 16.1 Å². The second-order valence-corrected chi connectivity index (χ2v) is 6.11. The van der Waals surface area contributed by atoms with Crippen molar-refractivity contribution in [1.29, 1.82) is 0 Å². The molecule has 116 valence electrons. The molecule has 3 aromatic rings. The third-order valence-electron chi connectivity index (χ3n) is 3.76. The molecule has 0 saturated heterocycles. The van der Waals surface area contributed by atoms with E-state index >= 15 is 0 Å². The first-order valence-corrected chi connectivity index (χ1v) is 8.02. The van der Waals surface area contributed by atoms with Crippen molar-refractivity contribution in [2.75, 3.05) is 7.05 Å². The van der Waals surface area contributed by atoms with Crippen LogP contribution in [0.15, 0.2) is 72.9 Å². The molecule has 23 heavy (non-hydrogen) atoms. The van der Waals surface area contributed by atoms with Crippen molar-refractivity contribution in [3.8, 4) is 11.1 Å². The molecule has 1 heterocycles. The van der Waals surface area contributed by atoms with Crippen molar-refractivity contribution in [2.45, 2.75) is 13.1 Å². The smallest absolute Gasteiger partial charge is 0.129 e. The van der Waals surface area contributed by atoms with E-state index in [1.807, 2.05) is 18.2 Å². The maximum atomic E-state index is 5.93. The highest BCUT2D eigenvalue weighted by Gasteiger charge is 2.04. The van der Waals surface area contributed by atoms with Gasteiger partial charge in [0.15, 0.2) is 0 Å². The molecule has 0 atom stereocenters. The summed E-state index contributed by atoms with van der Waals surface area (Å²) >= 11 is 5.93. The molecule has 0 N–H and O–H groups in total. The summed E-state index contributed by atoms with van der Waals surface area (Å²) in [6, 6.07) is 23.1. The van der Waals surface area contributed by atoms with Gasteiger partial charge in [0.1, 0.15) is 5.15 Å². The molecule has 0 amide bonds. The van der Waals surface area contributed by atoms with Crippen LogP contribution < -0.4 is 0 Å². The molecule has 0 saturated carbocycles. The predicted octanol–water partition coefficient (Wildman–Crippen LogP) is 5.03. The summed E-state index contributed by atoms with van der Waals surface area (Å²) in [7, 11) is 2.11. The maximum absolute atomic E-state index is 5.93. The average molecular weight is 323 g/mol. The molecule has 0 bridgehead atoms. The summed E-state index contributed by atoms with van der Waals surface area (Å²) in [5, 5.41) is 0.545. The second-order valence-electron chi connectivity index (χ2n) is 5.72. The Labute approximate surface area is 142 Å². The zero-order chi connectivity index (χ0) is 16.1. The molecule has 3 rings (SSSR count). The number of pyridine rings is 1. The zero-order valence-corrected chi connectivity index (χ0v) is 13.9. The van der Waals surface area contributed by atoms with E-state index in [0.29, 0.717) is 5.15 Å². The van der Waals surface area contributed by atoms with Gasteiger partial charge in [-0.2, -0.15) is 0 Å². The molecule has 2 nitrogen and oxygen atoms in total. The van der Waals surface area contributed by atoms with Gasteiger partial charge in [-0.25, -0.2) is 4.98 Å². The van der Waals surface area contributed by atoms with Crippen LogP contribution in [0.1, 0.15) is 11.1 Å².